The first kappa shape index (κ1) is 14.2. The van der Waals surface area contributed by atoms with Gasteiger partial charge in [0.2, 0.25) is 0 Å². The van der Waals surface area contributed by atoms with Gasteiger partial charge >= 0.3 is 0 Å². The number of benzene rings is 2. The first-order valence-corrected chi connectivity index (χ1v) is 8.16. The average Bonchev–Trinajstić information content (AvgIpc) is 3.23. The first-order valence-electron chi connectivity index (χ1n) is 6.61. The Balaban J connectivity index is 1.92. The SMILES string of the molecule is Clc1cc(Br)cc(Cl)c1NC(c1ccccc1)C1CC1. The molecule has 0 amide bonds. The fourth-order valence-corrected chi connectivity index (χ4v) is 3.72. The lowest BCUT2D eigenvalue weighted by Gasteiger charge is -2.22. The average molecular weight is 371 g/mol. The molecule has 0 spiro atoms. The highest BCUT2D eigenvalue weighted by molar-refractivity contribution is 9.10. The van der Waals surface area contributed by atoms with E-state index in [1.165, 1.54) is 18.4 Å². The first-order chi connectivity index (χ1) is 9.65. The predicted molar refractivity (Wildman–Crippen MR) is 89.7 cm³/mol. The van der Waals surface area contributed by atoms with Gasteiger partial charge in [0.05, 0.1) is 21.8 Å². The van der Waals surface area contributed by atoms with E-state index in [0.717, 1.165) is 10.2 Å². The van der Waals surface area contributed by atoms with Crippen LogP contribution in [0.4, 0.5) is 5.69 Å². The third-order valence-corrected chi connectivity index (χ3v) is 4.61. The summed E-state index contributed by atoms with van der Waals surface area (Å²) >= 11 is 16.0. The molecule has 2 aromatic carbocycles. The van der Waals surface area contributed by atoms with E-state index in [9.17, 15) is 0 Å². The minimum Gasteiger partial charge on any atom is -0.376 e. The van der Waals surface area contributed by atoms with Gasteiger partial charge < -0.3 is 5.32 Å². The van der Waals surface area contributed by atoms with Crippen molar-refractivity contribution in [2.75, 3.05) is 5.32 Å². The number of hydrogen-bond acceptors (Lipinski definition) is 1. The molecule has 1 saturated carbocycles. The van der Waals surface area contributed by atoms with E-state index in [1.807, 2.05) is 18.2 Å². The van der Waals surface area contributed by atoms with Crippen LogP contribution in [0.1, 0.15) is 24.4 Å². The summed E-state index contributed by atoms with van der Waals surface area (Å²) in [5, 5.41) is 4.83. The minimum absolute atomic E-state index is 0.271. The molecule has 4 heteroatoms. The molecule has 1 aliphatic rings. The van der Waals surface area contributed by atoms with Gasteiger partial charge in [0.1, 0.15) is 0 Å². The van der Waals surface area contributed by atoms with Gasteiger partial charge in [-0.05, 0) is 36.5 Å². The van der Waals surface area contributed by atoms with Crippen molar-refractivity contribution in [3.63, 3.8) is 0 Å². The van der Waals surface area contributed by atoms with Crippen LogP contribution in [0.5, 0.6) is 0 Å². The quantitative estimate of drug-likeness (QED) is 0.663. The van der Waals surface area contributed by atoms with Crippen LogP contribution in [0.15, 0.2) is 46.9 Å². The Morgan fingerprint density at radius 1 is 1.05 bits per heavy atom. The zero-order chi connectivity index (χ0) is 14.1. The summed E-state index contributed by atoms with van der Waals surface area (Å²) in [6.45, 7) is 0. The molecule has 1 fully saturated rings. The van der Waals surface area contributed by atoms with Gasteiger partial charge in [-0.3, -0.25) is 0 Å². The van der Waals surface area contributed by atoms with Gasteiger partial charge in [-0.25, -0.2) is 0 Å². The predicted octanol–water partition coefficient (Wildman–Crippen LogP) is 6.32. The molecule has 0 aromatic heterocycles. The van der Waals surface area contributed by atoms with E-state index in [2.05, 4.69) is 45.5 Å². The summed E-state index contributed by atoms with van der Waals surface area (Å²) in [5.41, 5.74) is 2.10. The van der Waals surface area contributed by atoms with E-state index in [-0.39, 0.29) is 6.04 Å². The molecule has 3 rings (SSSR count). The Morgan fingerprint density at radius 3 is 2.20 bits per heavy atom. The maximum absolute atomic E-state index is 6.31. The third-order valence-electron chi connectivity index (χ3n) is 3.56. The van der Waals surface area contributed by atoms with E-state index < -0.39 is 0 Å². The Hall–Kier alpha value is -0.700. The molecule has 0 saturated heterocycles. The van der Waals surface area contributed by atoms with Crippen LogP contribution in [-0.2, 0) is 0 Å². The minimum atomic E-state index is 0.271. The highest BCUT2D eigenvalue weighted by Gasteiger charge is 2.32. The molecule has 0 heterocycles. The van der Waals surface area contributed by atoms with Crippen LogP contribution in [0.25, 0.3) is 0 Å². The second-order valence-corrected chi connectivity index (χ2v) is 6.84. The molecule has 104 valence electrons. The van der Waals surface area contributed by atoms with Crippen molar-refractivity contribution < 1.29 is 0 Å². The second kappa shape index (κ2) is 5.97. The Morgan fingerprint density at radius 2 is 1.65 bits per heavy atom. The van der Waals surface area contributed by atoms with Crippen LogP contribution in [0, 0.1) is 5.92 Å². The maximum atomic E-state index is 6.31. The molecule has 20 heavy (non-hydrogen) atoms. The van der Waals surface area contributed by atoms with E-state index in [4.69, 9.17) is 23.2 Å². The van der Waals surface area contributed by atoms with Crippen molar-refractivity contribution in [3.8, 4) is 0 Å². The molecule has 0 aliphatic heterocycles. The van der Waals surface area contributed by atoms with Crippen LogP contribution in [0.3, 0.4) is 0 Å². The fraction of sp³-hybridized carbons (Fsp3) is 0.250. The molecule has 0 radical (unpaired) electrons. The summed E-state index contributed by atoms with van der Waals surface area (Å²) in [6.07, 6.45) is 2.50. The number of rotatable bonds is 4. The lowest BCUT2D eigenvalue weighted by atomic mass is 10.0. The van der Waals surface area contributed by atoms with Crippen molar-refractivity contribution in [1.29, 1.82) is 0 Å². The summed E-state index contributed by atoms with van der Waals surface area (Å²) < 4.78 is 0.890. The van der Waals surface area contributed by atoms with Crippen molar-refractivity contribution in [2.45, 2.75) is 18.9 Å². The molecular formula is C16H14BrCl2N. The van der Waals surface area contributed by atoms with E-state index in [0.29, 0.717) is 16.0 Å². The molecular weight excluding hydrogens is 357 g/mol. The third kappa shape index (κ3) is 3.13. The highest BCUT2D eigenvalue weighted by atomic mass is 79.9. The van der Waals surface area contributed by atoms with Gasteiger partial charge in [0.15, 0.2) is 0 Å². The summed E-state index contributed by atoms with van der Waals surface area (Å²) in [7, 11) is 0. The van der Waals surface area contributed by atoms with Crippen molar-refractivity contribution in [1.82, 2.24) is 0 Å². The van der Waals surface area contributed by atoms with Crippen LogP contribution < -0.4 is 5.32 Å². The lowest BCUT2D eigenvalue weighted by Crippen LogP contribution is -2.13. The zero-order valence-corrected chi connectivity index (χ0v) is 13.8. The topological polar surface area (TPSA) is 12.0 Å². The molecule has 1 unspecified atom stereocenters. The van der Waals surface area contributed by atoms with Crippen molar-refractivity contribution >= 4 is 44.8 Å². The lowest BCUT2D eigenvalue weighted by molar-refractivity contribution is 0.679. The molecule has 0 bridgehead atoms. The largest absolute Gasteiger partial charge is 0.376 e. The smallest absolute Gasteiger partial charge is 0.0724 e. The molecule has 1 nitrogen and oxygen atoms in total. The second-order valence-electron chi connectivity index (χ2n) is 5.11. The molecule has 2 aromatic rings. The summed E-state index contributed by atoms with van der Waals surface area (Å²) in [4.78, 5) is 0. The standard InChI is InChI=1S/C16H14BrCl2N/c17-12-8-13(18)16(14(19)9-12)20-15(11-6-7-11)10-4-2-1-3-5-10/h1-5,8-9,11,15,20H,6-7H2. The van der Waals surface area contributed by atoms with Gasteiger partial charge in [0.25, 0.3) is 0 Å². The Bertz CT molecular complexity index is 588. The summed E-state index contributed by atoms with van der Waals surface area (Å²) in [5.74, 6) is 0.660. The van der Waals surface area contributed by atoms with Gasteiger partial charge in [-0.1, -0.05) is 69.5 Å². The normalized spacial score (nSPS) is 15.9. The maximum Gasteiger partial charge on any atom is 0.0724 e. The monoisotopic (exact) mass is 369 g/mol. The van der Waals surface area contributed by atoms with Gasteiger partial charge in [0, 0.05) is 4.47 Å². The van der Waals surface area contributed by atoms with Crippen LogP contribution in [0.2, 0.25) is 10.0 Å². The molecule has 1 aliphatic carbocycles. The Labute approximate surface area is 137 Å². The number of hydrogen-bond donors (Lipinski definition) is 1. The van der Waals surface area contributed by atoms with E-state index in [1.54, 1.807) is 0 Å². The van der Waals surface area contributed by atoms with Crippen LogP contribution in [-0.4, -0.2) is 0 Å². The van der Waals surface area contributed by atoms with Crippen molar-refractivity contribution in [2.24, 2.45) is 5.92 Å². The fourth-order valence-electron chi connectivity index (χ4n) is 2.40. The van der Waals surface area contributed by atoms with Crippen LogP contribution >= 0.6 is 39.1 Å². The van der Waals surface area contributed by atoms with Gasteiger partial charge in [-0.15, -0.1) is 0 Å². The van der Waals surface area contributed by atoms with Gasteiger partial charge in [-0.2, -0.15) is 0 Å². The highest BCUT2D eigenvalue weighted by Crippen LogP contribution is 2.45. The molecule has 1 atom stereocenters. The molecule has 1 N–H and O–H groups in total. The zero-order valence-electron chi connectivity index (χ0n) is 10.7. The van der Waals surface area contributed by atoms with Crippen molar-refractivity contribution in [3.05, 3.63) is 62.5 Å². The Kier molecular flexibility index (Phi) is 4.25. The number of nitrogens with one attached hydrogen (secondary N) is 1. The van der Waals surface area contributed by atoms with E-state index >= 15 is 0 Å². The number of halogens is 3. The summed E-state index contributed by atoms with van der Waals surface area (Å²) in [6, 6.07) is 14.5. The number of anilines is 1.